The second kappa shape index (κ2) is 7.14. The molecule has 0 aliphatic carbocycles. The van der Waals surface area contributed by atoms with Crippen LogP contribution in [0.1, 0.15) is 30.5 Å². The van der Waals surface area contributed by atoms with Gasteiger partial charge in [-0.1, -0.05) is 6.07 Å². The molecule has 0 unspecified atom stereocenters. The number of halogens is 2. The first-order valence-electron chi connectivity index (χ1n) is 6.89. The third-order valence-electron chi connectivity index (χ3n) is 3.27. The van der Waals surface area contributed by atoms with Gasteiger partial charge in [0.1, 0.15) is 6.33 Å². The fourth-order valence-electron chi connectivity index (χ4n) is 2.02. The standard InChI is InChI=1S/C14H17F2N5O2/c1-8(13-20-18-7-21(13)2)19-14(23)17-6-12(22)9-3-4-10(15)11(16)5-9/h3-5,7-8,12,22H,6H2,1-2H3,(H2,17,19,23)/t8-,12+/m0/s1. The molecule has 3 N–H and O–H groups in total. The Morgan fingerprint density at radius 2 is 2.13 bits per heavy atom. The number of hydrogen-bond acceptors (Lipinski definition) is 4. The minimum absolute atomic E-state index is 0.150. The van der Waals surface area contributed by atoms with Gasteiger partial charge in [0.25, 0.3) is 0 Å². The molecule has 2 rings (SSSR count). The Morgan fingerprint density at radius 1 is 1.39 bits per heavy atom. The highest BCUT2D eigenvalue weighted by molar-refractivity contribution is 5.74. The summed E-state index contributed by atoms with van der Waals surface area (Å²) < 4.78 is 27.6. The van der Waals surface area contributed by atoms with E-state index in [1.54, 1.807) is 18.5 Å². The van der Waals surface area contributed by atoms with Crippen molar-refractivity contribution in [2.75, 3.05) is 6.54 Å². The van der Waals surface area contributed by atoms with Crippen LogP contribution >= 0.6 is 0 Å². The molecule has 2 atom stereocenters. The molecule has 23 heavy (non-hydrogen) atoms. The van der Waals surface area contributed by atoms with E-state index in [0.717, 1.165) is 12.1 Å². The number of benzene rings is 1. The lowest BCUT2D eigenvalue weighted by Gasteiger charge is -2.16. The number of nitrogens with one attached hydrogen (secondary N) is 2. The van der Waals surface area contributed by atoms with Crippen molar-refractivity contribution in [2.45, 2.75) is 19.1 Å². The van der Waals surface area contributed by atoms with E-state index in [1.165, 1.54) is 12.4 Å². The van der Waals surface area contributed by atoms with Crippen LogP contribution in [0.5, 0.6) is 0 Å². The zero-order valence-corrected chi connectivity index (χ0v) is 12.6. The van der Waals surface area contributed by atoms with E-state index in [4.69, 9.17) is 0 Å². The second-order valence-corrected chi connectivity index (χ2v) is 5.07. The van der Waals surface area contributed by atoms with Crippen molar-refractivity contribution in [1.82, 2.24) is 25.4 Å². The zero-order chi connectivity index (χ0) is 17.0. The Balaban J connectivity index is 1.86. The van der Waals surface area contributed by atoms with E-state index < -0.39 is 23.8 Å². The molecule has 1 aromatic heterocycles. The summed E-state index contributed by atoms with van der Waals surface area (Å²) in [7, 11) is 1.75. The minimum atomic E-state index is -1.15. The van der Waals surface area contributed by atoms with Crippen molar-refractivity contribution in [3.05, 3.63) is 47.5 Å². The van der Waals surface area contributed by atoms with Gasteiger partial charge in [0.05, 0.1) is 12.1 Å². The molecule has 9 heteroatoms. The summed E-state index contributed by atoms with van der Waals surface area (Å²) in [6.45, 7) is 1.58. The van der Waals surface area contributed by atoms with E-state index in [0.29, 0.717) is 5.82 Å². The second-order valence-electron chi connectivity index (χ2n) is 5.07. The summed E-state index contributed by atoms with van der Waals surface area (Å²) >= 11 is 0. The Morgan fingerprint density at radius 3 is 2.74 bits per heavy atom. The van der Waals surface area contributed by atoms with Crippen molar-refractivity contribution < 1.29 is 18.7 Å². The summed E-state index contributed by atoms with van der Waals surface area (Å²) in [6.07, 6.45) is 0.360. The van der Waals surface area contributed by atoms with Crippen LogP contribution in [0.4, 0.5) is 13.6 Å². The van der Waals surface area contributed by atoms with Crippen LogP contribution in [0.25, 0.3) is 0 Å². The number of aryl methyl sites for hydroxylation is 1. The average Bonchev–Trinajstić information content (AvgIpc) is 2.93. The quantitative estimate of drug-likeness (QED) is 0.770. The summed E-state index contributed by atoms with van der Waals surface area (Å²) in [5.41, 5.74) is 0.172. The fourth-order valence-corrected chi connectivity index (χ4v) is 2.02. The van der Waals surface area contributed by atoms with E-state index in [1.807, 2.05) is 0 Å². The number of carbonyl (C=O) groups excluding carboxylic acids is 1. The molecule has 0 bridgehead atoms. The number of urea groups is 1. The maximum Gasteiger partial charge on any atom is 0.315 e. The first-order valence-corrected chi connectivity index (χ1v) is 6.89. The minimum Gasteiger partial charge on any atom is -0.387 e. The molecule has 0 saturated carbocycles. The molecule has 2 amide bonds. The number of aliphatic hydroxyl groups is 1. The Kier molecular flexibility index (Phi) is 5.22. The van der Waals surface area contributed by atoms with Gasteiger partial charge in [-0.25, -0.2) is 13.6 Å². The van der Waals surface area contributed by atoms with Crippen molar-refractivity contribution >= 4 is 6.03 Å². The number of carbonyl (C=O) groups is 1. The van der Waals surface area contributed by atoms with Crippen molar-refractivity contribution in [3.8, 4) is 0 Å². The SMILES string of the molecule is C[C@H](NC(=O)NC[C@@H](O)c1ccc(F)c(F)c1)c1nncn1C. The maximum absolute atomic E-state index is 13.1. The molecule has 2 aromatic rings. The molecule has 124 valence electrons. The Hall–Kier alpha value is -2.55. The third kappa shape index (κ3) is 4.22. The van der Waals surface area contributed by atoms with Crippen LogP contribution < -0.4 is 10.6 Å². The van der Waals surface area contributed by atoms with Gasteiger partial charge in [-0.05, 0) is 24.6 Å². The lowest BCUT2D eigenvalue weighted by molar-refractivity contribution is 0.172. The molecule has 0 fully saturated rings. The number of amides is 2. The van der Waals surface area contributed by atoms with E-state index in [2.05, 4.69) is 20.8 Å². The normalized spacial score (nSPS) is 13.4. The van der Waals surface area contributed by atoms with Gasteiger partial charge in [-0.2, -0.15) is 0 Å². The molecule has 0 spiro atoms. The highest BCUT2D eigenvalue weighted by Crippen LogP contribution is 2.15. The summed E-state index contributed by atoms with van der Waals surface area (Å²) in [6, 6.07) is 2.15. The predicted molar refractivity (Wildman–Crippen MR) is 77.3 cm³/mol. The van der Waals surface area contributed by atoms with Crippen molar-refractivity contribution in [3.63, 3.8) is 0 Å². The molecule has 1 heterocycles. The zero-order valence-electron chi connectivity index (χ0n) is 12.6. The number of aromatic nitrogens is 3. The molecular weight excluding hydrogens is 308 g/mol. The first kappa shape index (κ1) is 16.8. The van der Waals surface area contributed by atoms with Crippen LogP contribution in [0.2, 0.25) is 0 Å². The van der Waals surface area contributed by atoms with Crippen molar-refractivity contribution in [1.29, 1.82) is 0 Å². The Bertz CT molecular complexity index is 692. The van der Waals surface area contributed by atoms with Crippen LogP contribution in [-0.4, -0.2) is 32.4 Å². The summed E-state index contributed by atoms with van der Waals surface area (Å²) in [5.74, 6) is -1.48. The van der Waals surface area contributed by atoms with Gasteiger partial charge in [0.15, 0.2) is 17.5 Å². The molecule has 0 radical (unpaired) electrons. The predicted octanol–water partition coefficient (Wildman–Crippen LogP) is 1.19. The molecule has 1 aromatic carbocycles. The summed E-state index contributed by atoms with van der Waals surface area (Å²) in [4.78, 5) is 11.8. The largest absolute Gasteiger partial charge is 0.387 e. The van der Waals surface area contributed by atoms with Gasteiger partial charge in [-0.3, -0.25) is 0 Å². The molecule has 0 saturated heterocycles. The highest BCUT2D eigenvalue weighted by atomic mass is 19.2. The number of hydrogen-bond donors (Lipinski definition) is 3. The maximum atomic E-state index is 13.1. The lowest BCUT2D eigenvalue weighted by atomic mass is 10.1. The van der Waals surface area contributed by atoms with E-state index in [-0.39, 0.29) is 18.2 Å². The van der Waals surface area contributed by atoms with Crippen molar-refractivity contribution in [2.24, 2.45) is 7.05 Å². The number of nitrogens with zero attached hydrogens (tertiary/aromatic N) is 3. The fraction of sp³-hybridized carbons (Fsp3) is 0.357. The van der Waals surface area contributed by atoms with Gasteiger partial charge in [0, 0.05) is 13.6 Å². The molecule has 0 aliphatic rings. The van der Waals surface area contributed by atoms with Gasteiger partial charge in [-0.15, -0.1) is 10.2 Å². The topological polar surface area (TPSA) is 92.1 Å². The molecule has 0 aliphatic heterocycles. The number of rotatable bonds is 5. The first-order chi connectivity index (χ1) is 10.9. The lowest BCUT2D eigenvalue weighted by Crippen LogP contribution is -2.39. The van der Waals surface area contributed by atoms with Crippen LogP contribution in [-0.2, 0) is 7.05 Å². The van der Waals surface area contributed by atoms with Crippen LogP contribution in [0.3, 0.4) is 0 Å². The Labute approximate surface area is 131 Å². The van der Waals surface area contributed by atoms with Gasteiger partial charge in [0.2, 0.25) is 0 Å². The molecular formula is C14H17F2N5O2. The van der Waals surface area contributed by atoms with E-state index in [9.17, 15) is 18.7 Å². The summed E-state index contributed by atoms with van der Waals surface area (Å²) in [5, 5.41) is 22.6. The monoisotopic (exact) mass is 325 g/mol. The van der Waals surface area contributed by atoms with Gasteiger partial charge >= 0.3 is 6.03 Å². The average molecular weight is 325 g/mol. The number of aliphatic hydroxyl groups excluding tert-OH is 1. The third-order valence-corrected chi connectivity index (χ3v) is 3.27. The van der Waals surface area contributed by atoms with Crippen LogP contribution in [0.15, 0.2) is 24.5 Å². The van der Waals surface area contributed by atoms with Crippen LogP contribution in [0, 0.1) is 11.6 Å². The highest BCUT2D eigenvalue weighted by Gasteiger charge is 2.16. The van der Waals surface area contributed by atoms with E-state index >= 15 is 0 Å². The van der Waals surface area contributed by atoms with Gasteiger partial charge < -0.3 is 20.3 Å². The molecule has 7 nitrogen and oxygen atoms in total. The smallest absolute Gasteiger partial charge is 0.315 e.